The van der Waals surface area contributed by atoms with Crippen LogP contribution in [0.15, 0.2) is 29.6 Å². The molecule has 1 atom stereocenters. The Hall–Kier alpha value is -1.14. The molecule has 3 nitrogen and oxygen atoms in total. The molecule has 1 heterocycles. The zero-order valence-electron chi connectivity index (χ0n) is 10.3. The second-order valence-electron chi connectivity index (χ2n) is 4.03. The third kappa shape index (κ3) is 3.25. The number of nitrogens with two attached hydrogens (primary N) is 1. The maximum absolute atomic E-state index is 13.4. The minimum absolute atomic E-state index is 0.120. The van der Waals surface area contributed by atoms with Gasteiger partial charge < -0.3 is 4.74 Å². The van der Waals surface area contributed by atoms with Gasteiger partial charge >= 0.3 is 0 Å². The van der Waals surface area contributed by atoms with Crippen LogP contribution < -0.4 is 16.0 Å². The van der Waals surface area contributed by atoms with E-state index in [0.717, 1.165) is 16.2 Å². The second-order valence-corrected chi connectivity index (χ2v) is 5.38. The van der Waals surface area contributed by atoms with Crippen LogP contribution >= 0.6 is 22.9 Å². The Kier molecular flexibility index (Phi) is 4.76. The SMILES string of the molecule is COc1ccsc1C(Cc1ccc(Cl)c(F)c1)NN. The average Bonchev–Trinajstić information content (AvgIpc) is 2.88. The van der Waals surface area contributed by atoms with Gasteiger partial charge in [-0.05, 0) is 35.6 Å². The predicted octanol–water partition coefficient (Wildman–Crippen LogP) is 3.30. The molecule has 2 aromatic rings. The summed E-state index contributed by atoms with van der Waals surface area (Å²) in [5, 5.41) is 2.05. The first kappa shape index (κ1) is 14.3. The molecule has 3 N–H and O–H groups in total. The van der Waals surface area contributed by atoms with Gasteiger partial charge in [0.2, 0.25) is 0 Å². The highest BCUT2D eigenvalue weighted by Crippen LogP contribution is 2.32. The Morgan fingerprint density at radius 1 is 1.47 bits per heavy atom. The van der Waals surface area contributed by atoms with Gasteiger partial charge in [-0.1, -0.05) is 17.7 Å². The normalized spacial score (nSPS) is 12.4. The Balaban J connectivity index is 2.21. The van der Waals surface area contributed by atoms with Crippen molar-refractivity contribution >= 4 is 22.9 Å². The molecule has 0 aliphatic rings. The van der Waals surface area contributed by atoms with Gasteiger partial charge in [-0.15, -0.1) is 11.3 Å². The number of methoxy groups -OCH3 is 1. The number of hydrazine groups is 1. The first-order valence-electron chi connectivity index (χ1n) is 5.67. The van der Waals surface area contributed by atoms with Gasteiger partial charge in [-0.3, -0.25) is 11.3 Å². The molecule has 0 fully saturated rings. The van der Waals surface area contributed by atoms with Crippen LogP contribution in [0.1, 0.15) is 16.5 Å². The molecule has 1 unspecified atom stereocenters. The lowest BCUT2D eigenvalue weighted by molar-refractivity contribution is 0.403. The molecule has 1 aromatic heterocycles. The van der Waals surface area contributed by atoms with Crippen molar-refractivity contribution in [1.82, 2.24) is 5.43 Å². The van der Waals surface area contributed by atoms with Crippen molar-refractivity contribution < 1.29 is 9.13 Å². The Labute approximate surface area is 120 Å². The number of nitrogens with one attached hydrogen (secondary N) is 1. The fourth-order valence-electron chi connectivity index (χ4n) is 1.86. The molecule has 0 radical (unpaired) electrons. The van der Waals surface area contributed by atoms with Crippen molar-refractivity contribution in [3.05, 3.63) is 50.9 Å². The van der Waals surface area contributed by atoms with Crippen LogP contribution in [0.5, 0.6) is 5.75 Å². The summed E-state index contributed by atoms with van der Waals surface area (Å²) in [5.41, 5.74) is 3.56. The molecule has 0 saturated carbocycles. The highest BCUT2D eigenvalue weighted by atomic mass is 35.5. The van der Waals surface area contributed by atoms with Crippen LogP contribution in [0.2, 0.25) is 5.02 Å². The van der Waals surface area contributed by atoms with Crippen molar-refractivity contribution in [3.63, 3.8) is 0 Å². The molecule has 2 rings (SSSR count). The highest BCUT2D eigenvalue weighted by Gasteiger charge is 2.17. The molecule has 0 spiro atoms. The summed E-state index contributed by atoms with van der Waals surface area (Å²) in [6, 6.07) is 6.51. The number of halogens is 2. The fourth-order valence-corrected chi connectivity index (χ4v) is 2.90. The summed E-state index contributed by atoms with van der Waals surface area (Å²) in [4.78, 5) is 0.986. The molecule has 19 heavy (non-hydrogen) atoms. The number of hydrogen-bond donors (Lipinski definition) is 2. The van der Waals surface area contributed by atoms with E-state index in [4.69, 9.17) is 22.2 Å². The standard InChI is InChI=1S/C13H14ClFN2OS/c1-18-12-4-5-19-13(12)11(17-16)7-8-2-3-9(14)10(15)6-8/h2-6,11,17H,7,16H2,1H3. The maximum Gasteiger partial charge on any atom is 0.142 e. The number of hydrogen-bond acceptors (Lipinski definition) is 4. The molecule has 0 aliphatic carbocycles. The van der Waals surface area contributed by atoms with Crippen molar-refractivity contribution in [3.8, 4) is 5.75 Å². The lowest BCUT2D eigenvalue weighted by Gasteiger charge is -2.16. The number of rotatable bonds is 5. The van der Waals surface area contributed by atoms with Crippen LogP contribution in [0.4, 0.5) is 4.39 Å². The summed E-state index contributed by atoms with van der Waals surface area (Å²) in [5.74, 6) is 5.94. The van der Waals surface area contributed by atoms with Gasteiger partial charge in [-0.25, -0.2) is 4.39 Å². The molecule has 102 valence electrons. The Morgan fingerprint density at radius 2 is 2.26 bits per heavy atom. The van der Waals surface area contributed by atoms with E-state index in [1.807, 2.05) is 11.4 Å². The van der Waals surface area contributed by atoms with Crippen LogP contribution in [-0.4, -0.2) is 7.11 Å². The van der Waals surface area contributed by atoms with Crippen LogP contribution in [0.25, 0.3) is 0 Å². The van der Waals surface area contributed by atoms with E-state index < -0.39 is 5.82 Å². The third-order valence-corrected chi connectivity index (χ3v) is 4.14. The molecule has 6 heteroatoms. The fraction of sp³-hybridized carbons (Fsp3) is 0.231. The van der Waals surface area contributed by atoms with Gasteiger partial charge in [0.15, 0.2) is 0 Å². The zero-order valence-corrected chi connectivity index (χ0v) is 11.9. The van der Waals surface area contributed by atoms with Gasteiger partial charge in [0, 0.05) is 0 Å². The van der Waals surface area contributed by atoms with E-state index in [1.54, 1.807) is 30.6 Å². The van der Waals surface area contributed by atoms with Crippen LogP contribution in [0, 0.1) is 5.82 Å². The van der Waals surface area contributed by atoms with Crippen molar-refractivity contribution in [2.75, 3.05) is 7.11 Å². The quantitative estimate of drug-likeness (QED) is 0.658. The summed E-state index contributed by atoms with van der Waals surface area (Å²) >= 11 is 7.21. The summed E-state index contributed by atoms with van der Waals surface area (Å²) in [6.45, 7) is 0. The van der Waals surface area contributed by atoms with E-state index in [9.17, 15) is 4.39 Å². The van der Waals surface area contributed by atoms with E-state index >= 15 is 0 Å². The maximum atomic E-state index is 13.4. The Bertz CT molecular complexity index is 561. The third-order valence-electron chi connectivity index (χ3n) is 2.82. The number of ether oxygens (including phenoxy) is 1. The molecular formula is C13H14ClFN2OS. The van der Waals surface area contributed by atoms with Gasteiger partial charge in [0.05, 0.1) is 23.1 Å². The van der Waals surface area contributed by atoms with Gasteiger partial charge in [-0.2, -0.15) is 0 Å². The summed E-state index contributed by atoms with van der Waals surface area (Å²) in [6.07, 6.45) is 0.557. The highest BCUT2D eigenvalue weighted by molar-refractivity contribution is 7.10. The smallest absolute Gasteiger partial charge is 0.142 e. The molecule has 0 saturated heterocycles. The van der Waals surface area contributed by atoms with Gasteiger partial charge in [0.1, 0.15) is 11.6 Å². The summed E-state index contributed by atoms with van der Waals surface area (Å²) in [7, 11) is 1.61. The lowest BCUT2D eigenvalue weighted by Crippen LogP contribution is -2.29. The first-order chi connectivity index (χ1) is 9.15. The Morgan fingerprint density at radius 3 is 2.89 bits per heavy atom. The zero-order chi connectivity index (χ0) is 13.8. The summed E-state index contributed by atoms with van der Waals surface area (Å²) < 4.78 is 18.7. The molecular weight excluding hydrogens is 287 g/mol. The van der Waals surface area contributed by atoms with Crippen molar-refractivity contribution in [2.24, 2.45) is 5.84 Å². The number of benzene rings is 1. The average molecular weight is 301 g/mol. The lowest BCUT2D eigenvalue weighted by atomic mass is 10.0. The van der Waals surface area contributed by atoms with Crippen LogP contribution in [0.3, 0.4) is 0 Å². The van der Waals surface area contributed by atoms with Crippen LogP contribution in [-0.2, 0) is 6.42 Å². The predicted molar refractivity (Wildman–Crippen MR) is 76.0 cm³/mol. The second kappa shape index (κ2) is 6.34. The molecule has 0 bridgehead atoms. The minimum atomic E-state index is -0.423. The van der Waals surface area contributed by atoms with E-state index in [0.29, 0.717) is 6.42 Å². The van der Waals surface area contributed by atoms with Crippen molar-refractivity contribution in [1.29, 1.82) is 0 Å². The molecule has 0 amide bonds. The molecule has 0 aliphatic heterocycles. The largest absolute Gasteiger partial charge is 0.496 e. The van der Waals surface area contributed by atoms with E-state index in [-0.39, 0.29) is 11.1 Å². The molecule has 1 aromatic carbocycles. The van der Waals surface area contributed by atoms with Crippen molar-refractivity contribution in [2.45, 2.75) is 12.5 Å². The van der Waals surface area contributed by atoms with Gasteiger partial charge in [0.25, 0.3) is 0 Å². The minimum Gasteiger partial charge on any atom is -0.496 e. The first-order valence-corrected chi connectivity index (χ1v) is 6.93. The van der Waals surface area contributed by atoms with E-state index in [2.05, 4.69) is 5.43 Å². The number of thiophene rings is 1. The topological polar surface area (TPSA) is 47.3 Å². The monoisotopic (exact) mass is 300 g/mol. The van der Waals surface area contributed by atoms with E-state index in [1.165, 1.54) is 6.07 Å².